The Bertz CT molecular complexity index is 539. The monoisotopic (exact) mass is 318 g/mol. The maximum absolute atomic E-state index is 12.2. The number of ether oxygens (including phenoxy) is 1. The highest BCUT2D eigenvalue weighted by atomic mass is 16.7. The van der Waals surface area contributed by atoms with Crippen molar-refractivity contribution in [3.05, 3.63) is 35.9 Å². The van der Waals surface area contributed by atoms with Gasteiger partial charge in [-0.1, -0.05) is 37.3 Å². The summed E-state index contributed by atoms with van der Waals surface area (Å²) in [6.45, 7) is 12.2. The van der Waals surface area contributed by atoms with Crippen LogP contribution in [-0.4, -0.2) is 30.9 Å². The molecule has 2 rings (SSSR count). The highest BCUT2D eigenvalue weighted by Crippen LogP contribution is 2.44. The highest BCUT2D eigenvalue weighted by Gasteiger charge is 2.59. The van der Waals surface area contributed by atoms with Crippen LogP contribution >= 0.6 is 0 Å². The number of carbonyl (C=O) groups is 1. The van der Waals surface area contributed by atoms with E-state index >= 15 is 0 Å². The van der Waals surface area contributed by atoms with Gasteiger partial charge in [0, 0.05) is 5.31 Å². The molecule has 1 aromatic carbocycles. The molecule has 1 saturated heterocycles. The van der Waals surface area contributed by atoms with Crippen molar-refractivity contribution in [2.24, 2.45) is 0 Å². The molecule has 0 unspecified atom stereocenters. The van der Waals surface area contributed by atoms with Gasteiger partial charge in [0.05, 0.1) is 24.2 Å². The Morgan fingerprint density at radius 3 is 2.13 bits per heavy atom. The van der Waals surface area contributed by atoms with Gasteiger partial charge in [0.15, 0.2) is 0 Å². The predicted octanol–water partition coefficient (Wildman–Crippen LogP) is 3.53. The minimum atomic E-state index is -0.613. The van der Waals surface area contributed by atoms with Gasteiger partial charge < -0.3 is 14.0 Å². The Morgan fingerprint density at radius 2 is 1.65 bits per heavy atom. The molecule has 1 aliphatic heterocycles. The lowest BCUT2D eigenvalue weighted by Crippen LogP contribution is -2.45. The number of carbonyl (C=O) groups excluding carboxylic acids is 1. The molecule has 1 fully saturated rings. The normalized spacial score (nSPS) is 21.7. The molecule has 0 aromatic heterocycles. The Labute approximate surface area is 139 Å². The van der Waals surface area contributed by atoms with Crippen LogP contribution in [0.3, 0.4) is 0 Å². The molecule has 0 bridgehead atoms. The zero-order valence-electron chi connectivity index (χ0n) is 15.0. The number of esters is 1. The molecule has 1 aliphatic rings. The van der Waals surface area contributed by atoms with Crippen LogP contribution < -0.4 is 0 Å². The number of hydrogen-bond acceptors (Lipinski definition) is 4. The SMILES string of the molecule is CCOC(=O)C[C@@](C)(B1OC(C)(C)C(C)(C)O1)c1ccccc1. The fourth-order valence-electron chi connectivity index (χ4n) is 2.76. The summed E-state index contributed by atoms with van der Waals surface area (Å²) in [5, 5.41) is -0.613. The van der Waals surface area contributed by atoms with Crippen molar-refractivity contribution in [1.29, 1.82) is 0 Å². The average Bonchev–Trinajstić information content (AvgIpc) is 2.69. The second-order valence-electron chi connectivity index (χ2n) is 7.35. The van der Waals surface area contributed by atoms with Crippen molar-refractivity contribution in [2.45, 2.75) is 64.5 Å². The Balaban J connectivity index is 2.37. The van der Waals surface area contributed by atoms with Gasteiger partial charge in [-0.2, -0.15) is 0 Å². The average molecular weight is 318 g/mol. The Morgan fingerprint density at radius 1 is 1.13 bits per heavy atom. The topological polar surface area (TPSA) is 44.8 Å². The molecule has 4 nitrogen and oxygen atoms in total. The van der Waals surface area contributed by atoms with E-state index in [0.29, 0.717) is 6.61 Å². The zero-order valence-corrected chi connectivity index (χ0v) is 15.0. The van der Waals surface area contributed by atoms with Crippen molar-refractivity contribution in [2.75, 3.05) is 6.61 Å². The maximum Gasteiger partial charge on any atom is 0.469 e. The van der Waals surface area contributed by atoms with Crippen LogP contribution in [0, 0.1) is 0 Å². The first-order valence-corrected chi connectivity index (χ1v) is 8.19. The Hall–Kier alpha value is -1.33. The second kappa shape index (κ2) is 6.29. The van der Waals surface area contributed by atoms with E-state index < -0.39 is 23.6 Å². The van der Waals surface area contributed by atoms with Gasteiger partial charge in [-0.05, 0) is 40.2 Å². The van der Waals surface area contributed by atoms with Crippen molar-refractivity contribution in [3.8, 4) is 0 Å². The van der Waals surface area contributed by atoms with Gasteiger partial charge in [-0.25, -0.2) is 0 Å². The first-order chi connectivity index (χ1) is 10.6. The lowest BCUT2D eigenvalue weighted by atomic mass is 9.53. The minimum Gasteiger partial charge on any atom is -0.466 e. The molecule has 1 aromatic rings. The van der Waals surface area contributed by atoms with E-state index in [1.54, 1.807) is 0 Å². The van der Waals surface area contributed by atoms with Gasteiger partial charge in [0.1, 0.15) is 0 Å². The molecular formula is C18H27BO4. The third-order valence-corrected chi connectivity index (χ3v) is 5.02. The summed E-state index contributed by atoms with van der Waals surface area (Å²) in [7, 11) is -0.515. The van der Waals surface area contributed by atoms with Crippen LogP contribution in [0.4, 0.5) is 0 Å². The minimum absolute atomic E-state index is 0.210. The molecule has 5 heteroatoms. The lowest BCUT2D eigenvalue weighted by Gasteiger charge is -2.32. The van der Waals surface area contributed by atoms with Crippen LogP contribution in [0.5, 0.6) is 0 Å². The highest BCUT2D eigenvalue weighted by molar-refractivity contribution is 6.50. The first-order valence-electron chi connectivity index (χ1n) is 8.19. The number of hydrogen-bond donors (Lipinski definition) is 0. The number of rotatable bonds is 5. The van der Waals surface area contributed by atoms with E-state index in [9.17, 15) is 4.79 Å². The summed E-state index contributed by atoms with van der Waals surface area (Å²) >= 11 is 0. The molecule has 126 valence electrons. The molecule has 0 aliphatic carbocycles. The maximum atomic E-state index is 12.2. The third-order valence-electron chi connectivity index (χ3n) is 5.02. The van der Waals surface area contributed by atoms with E-state index in [0.717, 1.165) is 5.56 Å². The molecule has 23 heavy (non-hydrogen) atoms. The molecular weight excluding hydrogens is 291 g/mol. The fraction of sp³-hybridized carbons (Fsp3) is 0.611. The van der Waals surface area contributed by atoms with Gasteiger partial charge in [0.25, 0.3) is 0 Å². The first kappa shape index (κ1) is 18.0. The van der Waals surface area contributed by atoms with E-state index in [2.05, 4.69) is 0 Å². The van der Waals surface area contributed by atoms with E-state index in [1.165, 1.54) is 0 Å². The summed E-state index contributed by atoms with van der Waals surface area (Å²) in [6.07, 6.45) is 0.210. The van der Waals surface area contributed by atoms with Crippen LogP contribution in [-0.2, 0) is 24.2 Å². The molecule has 0 N–H and O–H groups in total. The number of benzene rings is 1. The second-order valence-corrected chi connectivity index (χ2v) is 7.35. The molecule has 0 spiro atoms. The van der Waals surface area contributed by atoms with Crippen LogP contribution in [0.2, 0.25) is 0 Å². The zero-order chi connectivity index (χ0) is 17.3. The largest absolute Gasteiger partial charge is 0.469 e. The van der Waals surface area contributed by atoms with Gasteiger partial charge in [-0.15, -0.1) is 0 Å². The molecule has 0 radical (unpaired) electrons. The van der Waals surface area contributed by atoms with Crippen LogP contribution in [0.1, 0.15) is 53.5 Å². The quantitative estimate of drug-likeness (QED) is 0.615. The van der Waals surface area contributed by atoms with Gasteiger partial charge in [-0.3, -0.25) is 4.79 Å². The van der Waals surface area contributed by atoms with Crippen molar-refractivity contribution >= 4 is 13.1 Å². The third kappa shape index (κ3) is 3.46. The van der Waals surface area contributed by atoms with E-state index in [-0.39, 0.29) is 12.4 Å². The molecule has 0 saturated carbocycles. The molecule has 0 amide bonds. The summed E-state index contributed by atoms with van der Waals surface area (Å²) < 4.78 is 17.6. The molecule has 1 heterocycles. The van der Waals surface area contributed by atoms with E-state index in [4.69, 9.17) is 14.0 Å². The smallest absolute Gasteiger partial charge is 0.466 e. The van der Waals surface area contributed by atoms with E-state index in [1.807, 2.05) is 71.9 Å². The van der Waals surface area contributed by atoms with Gasteiger partial charge >= 0.3 is 13.1 Å². The van der Waals surface area contributed by atoms with Crippen molar-refractivity contribution < 1.29 is 18.8 Å². The Kier molecular flexibility index (Phi) is 4.93. The summed E-state index contributed by atoms with van der Waals surface area (Å²) in [4.78, 5) is 12.2. The standard InChI is InChI=1S/C18H27BO4/c1-7-21-15(20)13-18(6,14-11-9-8-10-12-14)19-22-16(2,3)17(4,5)23-19/h8-12H,7,13H2,1-6H3/t18-/m1/s1. The molecule has 1 atom stereocenters. The lowest BCUT2D eigenvalue weighted by molar-refractivity contribution is -0.144. The predicted molar refractivity (Wildman–Crippen MR) is 91.1 cm³/mol. The van der Waals surface area contributed by atoms with Crippen molar-refractivity contribution in [1.82, 2.24) is 0 Å². The summed E-state index contributed by atoms with van der Waals surface area (Å²) in [5.74, 6) is -0.242. The van der Waals surface area contributed by atoms with Crippen LogP contribution in [0.25, 0.3) is 0 Å². The van der Waals surface area contributed by atoms with Crippen molar-refractivity contribution in [3.63, 3.8) is 0 Å². The van der Waals surface area contributed by atoms with Crippen LogP contribution in [0.15, 0.2) is 30.3 Å². The summed E-state index contributed by atoms with van der Waals surface area (Å²) in [5.41, 5.74) is 0.122. The van der Waals surface area contributed by atoms with Gasteiger partial charge in [0.2, 0.25) is 0 Å². The fourth-order valence-corrected chi connectivity index (χ4v) is 2.76. The summed E-state index contributed by atoms with van der Waals surface area (Å²) in [6, 6.07) is 9.89.